The third-order valence-corrected chi connectivity index (χ3v) is 7.34. The Morgan fingerprint density at radius 1 is 1.21 bits per heavy atom. The van der Waals surface area contributed by atoms with E-state index in [2.05, 4.69) is 33.7 Å². The number of nitrogens with zero attached hydrogens (tertiary/aromatic N) is 5. The summed E-state index contributed by atoms with van der Waals surface area (Å²) in [6.45, 7) is 7.43. The summed E-state index contributed by atoms with van der Waals surface area (Å²) in [6, 6.07) is 6.05. The van der Waals surface area contributed by atoms with Crippen LogP contribution in [0.5, 0.6) is 11.5 Å². The van der Waals surface area contributed by atoms with E-state index in [4.69, 9.17) is 15.2 Å². The van der Waals surface area contributed by atoms with Crippen molar-refractivity contribution in [3.63, 3.8) is 0 Å². The monoisotopic (exact) mass is 519 g/mol. The van der Waals surface area contributed by atoms with Gasteiger partial charge in [-0.3, -0.25) is 19.8 Å². The molecule has 0 spiro atoms. The van der Waals surface area contributed by atoms with Crippen molar-refractivity contribution in [1.29, 1.82) is 0 Å². The third kappa shape index (κ3) is 4.07. The molecular formula is C26H29N7O5. The van der Waals surface area contributed by atoms with Gasteiger partial charge in [0.15, 0.2) is 11.5 Å². The second kappa shape index (κ2) is 9.69. The zero-order valence-electron chi connectivity index (χ0n) is 21.4. The number of nitrogen functional groups attached to an aromatic ring is 1. The van der Waals surface area contributed by atoms with E-state index in [-0.39, 0.29) is 34.8 Å². The summed E-state index contributed by atoms with van der Waals surface area (Å²) >= 11 is 0. The summed E-state index contributed by atoms with van der Waals surface area (Å²) < 4.78 is 10.9. The van der Waals surface area contributed by atoms with Crippen LogP contribution in [0.15, 0.2) is 43.0 Å². The first-order valence-corrected chi connectivity index (χ1v) is 12.3. The van der Waals surface area contributed by atoms with Crippen molar-refractivity contribution in [3.8, 4) is 11.5 Å². The number of fused-ring (bicyclic) bond motifs is 2. The van der Waals surface area contributed by atoms with E-state index in [9.17, 15) is 14.9 Å². The van der Waals surface area contributed by atoms with Crippen LogP contribution in [0.2, 0.25) is 0 Å². The molecule has 3 aromatic rings. The predicted molar refractivity (Wildman–Crippen MR) is 143 cm³/mol. The number of amides is 1. The Bertz CT molecular complexity index is 1460. The molecule has 12 heteroatoms. The third-order valence-electron chi connectivity index (χ3n) is 7.34. The molecule has 0 bridgehead atoms. The summed E-state index contributed by atoms with van der Waals surface area (Å²) in [6.07, 6.45) is 2.97. The Morgan fingerprint density at radius 3 is 2.63 bits per heavy atom. The average Bonchev–Trinajstić information content (AvgIpc) is 2.92. The number of carbonyl (C=O) groups is 1. The Balaban J connectivity index is 1.46. The molecule has 1 aromatic heterocycles. The zero-order valence-corrected chi connectivity index (χ0v) is 21.4. The topological polar surface area (TPSA) is 149 Å². The van der Waals surface area contributed by atoms with Crippen molar-refractivity contribution < 1.29 is 19.2 Å². The maximum atomic E-state index is 13.7. The number of non-ortho nitro benzene ring substituents is 1. The van der Waals surface area contributed by atoms with E-state index in [1.54, 1.807) is 19.1 Å². The molecular weight excluding hydrogens is 490 g/mol. The van der Waals surface area contributed by atoms with Gasteiger partial charge in [0, 0.05) is 42.7 Å². The van der Waals surface area contributed by atoms with Crippen LogP contribution in [0.25, 0.3) is 10.9 Å². The number of hydrogen-bond donors (Lipinski definition) is 2. The van der Waals surface area contributed by atoms with Gasteiger partial charge in [-0.25, -0.2) is 9.97 Å². The van der Waals surface area contributed by atoms with Crippen LogP contribution >= 0.6 is 0 Å². The van der Waals surface area contributed by atoms with Gasteiger partial charge in [0.25, 0.3) is 11.6 Å². The molecule has 3 heterocycles. The minimum atomic E-state index is -0.554. The zero-order chi connectivity index (χ0) is 27.1. The van der Waals surface area contributed by atoms with E-state index in [0.717, 1.165) is 23.1 Å². The van der Waals surface area contributed by atoms with Gasteiger partial charge < -0.3 is 25.4 Å². The van der Waals surface area contributed by atoms with Crippen LogP contribution in [0.3, 0.4) is 0 Å². The maximum Gasteiger partial charge on any atom is 0.272 e. The Kier molecular flexibility index (Phi) is 6.39. The molecule has 5 rings (SSSR count). The summed E-state index contributed by atoms with van der Waals surface area (Å²) in [5, 5.41) is 15.3. The van der Waals surface area contributed by atoms with Crippen LogP contribution in [-0.2, 0) is 0 Å². The number of nitro groups is 1. The van der Waals surface area contributed by atoms with E-state index in [1.807, 2.05) is 12.1 Å². The quantitative estimate of drug-likeness (QED) is 0.280. The highest BCUT2D eigenvalue weighted by molar-refractivity contribution is 6.06. The molecule has 12 nitrogen and oxygen atoms in total. The molecule has 2 atom stereocenters. The molecule has 2 aromatic carbocycles. The highest BCUT2D eigenvalue weighted by atomic mass is 16.6. The molecule has 38 heavy (non-hydrogen) atoms. The standard InChI is InChI=1S/C26H29N7O5/c1-5-15-12-31(25-17-10-22(37-3)23(38-4)11-20(17)28-13-29-25)7-6-21(15)32-14(2)30-24-18(26(32)34)8-16(33(35)36)9-19(24)27/h8-11,13,15,21,30H,2,5-7,12,27H2,1,3-4H3. The number of hydrogen-bond acceptors (Lipinski definition) is 10. The Morgan fingerprint density at radius 2 is 1.95 bits per heavy atom. The fourth-order valence-corrected chi connectivity index (χ4v) is 5.44. The maximum absolute atomic E-state index is 13.7. The number of anilines is 3. The lowest BCUT2D eigenvalue weighted by Crippen LogP contribution is -2.54. The molecule has 0 radical (unpaired) electrons. The number of nitrogens with two attached hydrogens (primary N) is 1. The van der Waals surface area contributed by atoms with Gasteiger partial charge in [0.1, 0.15) is 18.0 Å². The van der Waals surface area contributed by atoms with Crippen LogP contribution in [0.1, 0.15) is 30.1 Å². The van der Waals surface area contributed by atoms with E-state index in [1.165, 1.54) is 18.5 Å². The Labute approximate surface area is 219 Å². The summed E-state index contributed by atoms with van der Waals surface area (Å²) in [7, 11) is 3.17. The minimum absolute atomic E-state index is 0.0778. The highest BCUT2D eigenvalue weighted by Crippen LogP contribution is 2.40. The van der Waals surface area contributed by atoms with E-state index < -0.39 is 4.92 Å². The molecule has 2 aliphatic rings. The number of benzene rings is 2. The molecule has 1 amide bonds. The van der Waals surface area contributed by atoms with Crippen molar-refractivity contribution in [3.05, 3.63) is 58.7 Å². The average molecular weight is 520 g/mol. The van der Waals surface area contributed by atoms with Crippen molar-refractivity contribution in [2.75, 3.05) is 43.3 Å². The van der Waals surface area contributed by atoms with Gasteiger partial charge >= 0.3 is 0 Å². The van der Waals surface area contributed by atoms with Crippen LogP contribution < -0.4 is 25.4 Å². The van der Waals surface area contributed by atoms with Crippen molar-refractivity contribution in [2.45, 2.75) is 25.8 Å². The van der Waals surface area contributed by atoms with Crippen LogP contribution in [-0.4, -0.2) is 59.0 Å². The Hall–Kier alpha value is -4.61. The normalized spacial score (nSPS) is 19.2. The highest BCUT2D eigenvalue weighted by Gasteiger charge is 2.40. The van der Waals surface area contributed by atoms with Gasteiger partial charge in [-0.05, 0) is 24.8 Å². The van der Waals surface area contributed by atoms with Crippen molar-refractivity contribution in [1.82, 2.24) is 14.9 Å². The summed E-state index contributed by atoms with van der Waals surface area (Å²) in [5.74, 6) is 2.10. The van der Waals surface area contributed by atoms with Gasteiger partial charge in [-0.15, -0.1) is 0 Å². The first kappa shape index (κ1) is 25.1. The molecule has 1 saturated heterocycles. The fourth-order valence-electron chi connectivity index (χ4n) is 5.44. The van der Waals surface area contributed by atoms with Gasteiger partial charge in [0.05, 0.1) is 41.6 Å². The molecule has 1 fully saturated rings. The molecule has 3 N–H and O–H groups in total. The largest absolute Gasteiger partial charge is 0.493 e. The number of carbonyl (C=O) groups excluding carboxylic acids is 1. The van der Waals surface area contributed by atoms with E-state index in [0.29, 0.717) is 42.5 Å². The number of aromatic nitrogens is 2. The van der Waals surface area contributed by atoms with Gasteiger partial charge in [-0.1, -0.05) is 13.5 Å². The first-order chi connectivity index (χ1) is 18.3. The number of ether oxygens (including phenoxy) is 2. The minimum Gasteiger partial charge on any atom is -0.493 e. The molecule has 0 saturated carbocycles. The molecule has 198 valence electrons. The number of nitrogens with one attached hydrogen (secondary N) is 1. The van der Waals surface area contributed by atoms with Crippen LogP contribution in [0.4, 0.5) is 22.9 Å². The smallest absolute Gasteiger partial charge is 0.272 e. The first-order valence-electron chi connectivity index (χ1n) is 12.3. The lowest BCUT2D eigenvalue weighted by molar-refractivity contribution is -0.384. The van der Waals surface area contributed by atoms with Gasteiger partial charge in [0.2, 0.25) is 0 Å². The molecule has 2 aliphatic heterocycles. The fraction of sp³-hybridized carbons (Fsp3) is 0.346. The van der Waals surface area contributed by atoms with Crippen LogP contribution in [0, 0.1) is 16.0 Å². The number of nitro benzene ring substituents is 1. The number of piperidine rings is 1. The SMILES string of the molecule is C=C1Nc2c(N)cc([N+](=O)[O-])cc2C(=O)N1C1CCN(c2ncnc3cc(OC)c(OC)cc23)CC1CC. The van der Waals surface area contributed by atoms with Crippen molar-refractivity contribution in [2.24, 2.45) is 5.92 Å². The summed E-state index contributed by atoms with van der Waals surface area (Å²) in [4.78, 5) is 37.3. The van der Waals surface area contributed by atoms with Gasteiger partial charge in [-0.2, -0.15) is 0 Å². The molecule has 0 aliphatic carbocycles. The second-order valence-electron chi connectivity index (χ2n) is 9.35. The lowest BCUT2D eigenvalue weighted by atomic mass is 9.87. The van der Waals surface area contributed by atoms with E-state index >= 15 is 0 Å². The molecule has 2 unspecified atom stereocenters. The number of rotatable bonds is 6. The van der Waals surface area contributed by atoms with Crippen molar-refractivity contribution >= 4 is 39.7 Å². The summed E-state index contributed by atoms with van der Waals surface area (Å²) in [5.41, 5.74) is 7.20. The lowest BCUT2D eigenvalue weighted by Gasteiger charge is -2.46. The predicted octanol–water partition coefficient (Wildman–Crippen LogP) is 3.78. The second-order valence-corrected chi connectivity index (χ2v) is 9.35. The number of methoxy groups -OCH3 is 2.